The Morgan fingerprint density at radius 3 is 2.43 bits per heavy atom. The fourth-order valence-corrected chi connectivity index (χ4v) is 4.28. The Hall–Kier alpha value is -1.93. The van der Waals surface area contributed by atoms with Gasteiger partial charge in [-0.1, -0.05) is 6.07 Å². The quantitative estimate of drug-likeness (QED) is 0.767. The number of carbonyl (C=O) groups excluding carboxylic acids is 2. The van der Waals surface area contributed by atoms with Gasteiger partial charge in [-0.05, 0) is 25.2 Å². The van der Waals surface area contributed by atoms with Crippen LogP contribution in [0, 0.1) is 0 Å². The number of anilines is 1. The number of piperazine rings is 1. The van der Waals surface area contributed by atoms with Crippen LogP contribution in [0.1, 0.15) is 16.8 Å². The fraction of sp³-hybridized carbons (Fsp3) is 0.467. The number of hydrogen-bond donors (Lipinski definition) is 0. The second kappa shape index (κ2) is 5.93. The lowest BCUT2D eigenvalue weighted by molar-refractivity contribution is -0.116. The Balaban J connectivity index is 1.85. The summed E-state index contributed by atoms with van der Waals surface area (Å²) in [7, 11) is -1.61. The number of likely N-dealkylation sites (N-methyl/N-ethyl adjacent to an activating group) is 1. The van der Waals surface area contributed by atoms with E-state index < -0.39 is 15.9 Å². The van der Waals surface area contributed by atoms with Gasteiger partial charge in [0.05, 0.1) is 11.4 Å². The van der Waals surface area contributed by atoms with E-state index in [4.69, 9.17) is 0 Å². The van der Waals surface area contributed by atoms with Crippen LogP contribution in [0.5, 0.6) is 0 Å². The van der Waals surface area contributed by atoms with Crippen molar-refractivity contribution in [2.45, 2.75) is 6.42 Å². The zero-order valence-electron chi connectivity index (χ0n) is 12.9. The maximum absolute atomic E-state index is 12.6. The van der Waals surface area contributed by atoms with Gasteiger partial charge in [0.15, 0.2) is 0 Å². The second-order valence-electron chi connectivity index (χ2n) is 5.87. The number of hydrogen-bond acceptors (Lipinski definition) is 5. The van der Waals surface area contributed by atoms with E-state index in [1.165, 1.54) is 6.07 Å². The highest BCUT2D eigenvalue weighted by Gasteiger charge is 2.36. The molecule has 0 saturated carbocycles. The number of rotatable bonds is 2. The van der Waals surface area contributed by atoms with Crippen molar-refractivity contribution in [1.29, 1.82) is 0 Å². The molecule has 2 aliphatic rings. The van der Waals surface area contributed by atoms with Gasteiger partial charge in [-0.25, -0.2) is 12.7 Å². The molecule has 2 amide bonds. The summed E-state index contributed by atoms with van der Waals surface area (Å²) in [4.78, 5) is 28.3. The Morgan fingerprint density at radius 2 is 1.83 bits per heavy atom. The normalized spacial score (nSPS) is 21.7. The van der Waals surface area contributed by atoms with Crippen LogP contribution in [0.25, 0.3) is 0 Å². The monoisotopic (exact) mass is 337 g/mol. The second-order valence-corrected chi connectivity index (χ2v) is 7.81. The molecule has 0 spiro atoms. The minimum Gasteiger partial charge on any atom is -0.336 e. The lowest BCUT2D eigenvalue weighted by Crippen LogP contribution is -2.47. The van der Waals surface area contributed by atoms with Gasteiger partial charge in [0.1, 0.15) is 0 Å². The van der Waals surface area contributed by atoms with Gasteiger partial charge in [-0.2, -0.15) is 0 Å². The van der Waals surface area contributed by atoms with Crippen molar-refractivity contribution < 1.29 is 18.0 Å². The van der Waals surface area contributed by atoms with Gasteiger partial charge < -0.3 is 9.80 Å². The third kappa shape index (κ3) is 3.09. The van der Waals surface area contributed by atoms with E-state index in [-0.39, 0.29) is 23.8 Å². The summed E-state index contributed by atoms with van der Waals surface area (Å²) in [6.07, 6.45) is -0.0149. The Kier molecular flexibility index (Phi) is 4.11. The van der Waals surface area contributed by atoms with Crippen LogP contribution < -0.4 is 4.31 Å². The average molecular weight is 337 g/mol. The largest absolute Gasteiger partial charge is 0.336 e. The molecule has 3 rings (SSSR count). The summed E-state index contributed by atoms with van der Waals surface area (Å²) in [6.45, 7) is 2.90. The number of nitrogens with zero attached hydrogens (tertiary/aromatic N) is 3. The van der Waals surface area contributed by atoms with Crippen molar-refractivity contribution in [1.82, 2.24) is 9.80 Å². The molecule has 0 N–H and O–H groups in total. The number of amides is 2. The maximum atomic E-state index is 12.6. The smallest absolute Gasteiger partial charge is 0.254 e. The molecule has 1 aromatic rings. The van der Waals surface area contributed by atoms with Gasteiger partial charge in [-0.15, -0.1) is 0 Å². The van der Waals surface area contributed by atoms with Crippen LogP contribution in [0.15, 0.2) is 24.3 Å². The molecule has 0 aromatic heterocycles. The zero-order chi connectivity index (χ0) is 16.6. The summed E-state index contributed by atoms with van der Waals surface area (Å²) >= 11 is 0. The molecule has 124 valence electrons. The van der Waals surface area contributed by atoms with E-state index in [9.17, 15) is 18.0 Å². The van der Waals surface area contributed by atoms with Crippen LogP contribution in [0.2, 0.25) is 0 Å². The van der Waals surface area contributed by atoms with E-state index in [0.717, 1.165) is 17.4 Å². The molecular formula is C15H19N3O4S. The molecule has 0 bridgehead atoms. The molecule has 8 heteroatoms. The van der Waals surface area contributed by atoms with Gasteiger partial charge >= 0.3 is 0 Å². The summed E-state index contributed by atoms with van der Waals surface area (Å²) in [5.41, 5.74) is 0.648. The van der Waals surface area contributed by atoms with E-state index in [1.54, 1.807) is 23.1 Å². The lowest BCUT2D eigenvalue weighted by atomic mass is 10.1. The van der Waals surface area contributed by atoms with Crippen molar-refractivity contribution in [3.63, 3.8) is 0 Å². The van der Waals surface area contributed by atoms with Gasteiger partial charge in [0.25, 0.3) is 5.91 Å². The number of sulfonamides is 1. The minimum absolute atomic E-state index is 0.0149. The summed E-state index contributed by atoms with van der Waals surface area (Å²) in [5.74, 6) is -0.763. The number of carbonyl (C=O) groups is 2. The highest BCUT2D eigenvalue weighted by Crippen LogP contribution is 2.26. The topological polar surface area (TPSA) is 78.0 Å². The first kappa shape index (κ1) is 15.9. The Labute approximate surface area is 135 Å². The van der Waals surface area contributed by atoms with Crippen LogP contribution in [-0.4, -0.2) is 69.0 Å². The molecule has 0 radical (unpaired) electrons. The van der Waals surface area contributed by atoms with Gasteiger partial charge in [-0.3, -0.25) is 9.59 Å². The predicted octanol–water partition coefficient (Wildman–Crippen LogP) is 0.141. The van der Waals surface area contributed by atoms with Gasteiger partial charge in [0, 0.05) is 38.2 Å². The zero-order valence-corrected chi connectivity index (χ0v) is 13.8. The number of benzene rings is 1. The van der Waals surface area contributed by atoms with E-state index in [0.29, 0.717) is 18.7 Å². The maximum Gasteiger partial charge on any atom is 0.254 e. The molecule has 7 nitrogen and oxygen atoms in total. The summed E-state index contributed by atoms with van der Waals surface area (Å²) in [6, 6.07) is 6.29. The molecule has 1 aromatic carbocycles. The van der Waals surface area contributed by atoms with Crippen LogP contribution in [0.4, 0.5) is 5.69 Å². The molecule has 2 fully saturated rings. The highest BCUT2D eigenvalue weighted by atomic mass is 32.2. The SMILES string of the molecule is CN1CCN(C(=O)c2cccc(N3C(=O)CCS3(=O)=O)c2)CC1. The first-order valence-corrected chi connectivity index (χ1v) is 9.13. The first-order valence-electron chi connectivity index (χ1n) is 7.52. The molecular weight excluding hydrogens is 318 g/mol. The van der Waals surface area contributed by atoms with E-state index in [1.807, 2.05) is 7.05 Å². The van der Waals surface area contributed by atoms with Crippen LogP contribution in [-0.2, 0) is 14.8 Å². The third-order valence-corrected chi connectivity index (χ3v) is 5.89. The summed E-state index contributed by atoms with van der Waals surface area (Å²) < 4.78 is 24.8. The van der Waals surface area contributed by atoms with Crippen molar-refractivity contribution in [3.05, 3.63) is 29.8 Å². The predicted molar refractivity (Wildman–Crippen MR) is 85.7 cm³/mol. The fourth-order valence-electron chi connectivity index (χ4n) is 2.83. The summed E-state index contributed by atoms with van der Waals surface area (Å²) in [5, 5.41) is 0. The van der Waals surface area contributed by atoms with Crippen LogP contribution >= 0.6 is 0 Å². The molecule has 0 unspecified atom stereocenters. The molecule has 0 atom stereocenters. The molecule has 2 aliphatic heterocycles. The van der Waals surface area contributed by atoms with Crippen molar-refractivity contribution in [3.8, 4) is 0 Å². The van der Waals surface area contributed by atoms with Crippen LogP contribution in [0.3, 0.4) is 0 Å². The highest BCUT2D eigenvalue weighted by molar-refractivity contribution is 7.94. The van der Waals surface area contributed by atoms with Crippen molar-refractivity contribution in [2.24, 2.45) is 0 Å². The lowest BCUT2D eigenvalue weighted by Gasteiger charge is -2.32. The van der Waals surface area contributed by atoms with E-state index >= 15 is 0 Å². The Bertz CT molecular complexity index is 739. The van der Waals surface area contributed by atoms with E-state index in [2.05, 4.69) is 4.90 Å². The molecule has 2 saturated heterocycles. The average Bonchev–Trinajstić information content (AvgIpc) is 2.81. The standard InChI is InChI=1S/C15H19N3O4S/c1-16-6-8-17(9-7-16)15(20)12-3-2-4-13(11-12)18-14(19)5-10-23(18,21)22/h2-4,11H,5-10H2,1H3. The first-order chi connectivity index (χ1) is 10.9. The molecule has 2 heterocycles. The van der Waals surface area contributed by atoms with Crippen molar-refractivity contribution >= 4 is 27.5 Å². The van der Waals surface area contributed by atoms with Crippen molar-refractivity contribution in [2.75, 3.05) is 43.3 Å². The Morgan fingerprint density at radius 1 is 1.13 bits per heavy atom. The third-order valence-electron chi connectivity index (χ3n) is 4.20. The molecule has 0 aliphatic carbocycles. The van der Waals surface area contributed by atoms with Gasteiger partial charge in [0.2, 0.25) is 15.9 Å². The molecule has 23 heavy (non-hydrogen) atoms. The minimum atomic E-state index is -3.61.